The highest BCUT2D eigenvalue weighted by Gasteiger charge is 2.09. The quantitative estimate of drug-likeness (QED) is 0.777. The molecule has 0 aliphatic carbocycles. The summed E-state index contributed by atoms with van der Waals surface area (Å²) in [5, 5.41) is 14.3. The summed E-state index contributed by atoms with van der Waals surface area (Å²) >= 11 is 0. The number of nitrogens with zero attached hydrogens (tertiary/aromatic N) is 5. The number of alkyl halides is 1. The van der Waals surface area contributed by atoms with Crippen molar-refractivity contribution in [2.75, 3.05) is 12.0 Å². The molecule has 112 valence electrons. The Morgan fingerprint density at radius 1 is 1.27 bits per heavy atom. The zero-order chi connectivity index (χ0) is 15.4. The van der Waals surface area contributed by atoms with E-state index in [2.05, 4.69) is 20.7 Å². The van der Waals surface area contributed by atoms with E-state index in [4.69, 9.17) is 0 Å². The molecule has 1 amide bonds. The number of aryl methyl sites for hydroxylation is 1. The topological polar surface area (TPSA) is 77.6 Å². The standard InChI is InChI=1S/C14H13FN6O/c15-5-7-20-10-11(9-17-20)14(22)18-12-1-3-13(4-2-12)21-8-6-16-19-21/h1-4,6,8-10H,5,7H2,(H,18,22). The minimum absolute atomic E-state index is 0.139. The van der Waals surface area contributed by atoms with Crippen LogP contribution in [0.25, 0.3) is 5.69 Å². The Morgan fingerprint density at radius 3 is 2.77 bits per heavy atom. The summed E-state index contributed by atoms with van der Waals surface area (Å²) < 4.78 is 15.2. The van der Waals surface area contributed by atoms with Gasteiger partial charge >= 0.3 is 0 Å². The van der Waals surface area contributed by atoms with Gasteiger partial charge in [-0.2, -0.15) is 5.10 Å². The molecule has 0 radical (unpaired) electrons. The van der Waals surface area contributed by atoms with Gasteiger partial charge < -0.3 is 5.32 Å². The lowest BCUT2D eigenvalue weighted by Crippen LogP contribution is -2.11. The molecule has 0 aliphatic rings. The predicted octanol–water partition coefficient (Wildman–Crippen LogP) is 1.69. The largest absolute Gasteiger partial charge is 0.322 e. The first-order chi connectivity index (χ1) is 10.8. The normalized spacial score (nSPS) is 10.6. The summed E-state index contributed by atoms with van der Waals surface area (Å²) in [6, 6.07) is 7.16. The highest BCUT2D eigenvalue weighted by atomic mass is 19.1. The SMILES string of the molecule is O=C(Nc1ccc(-n2ccnn2)cc1)c1cnn(CCF)c1. The van der Waals surface area contributed by atoms with Crippen molar-refractivity contribution in [1.82, 2.24) is 24.8 Å². The molecule has 0 bridgehead atoms. The number of nitrogens with one attached hydrogen (secondary N) is 1. The van der Waals surface area contributed by atoms with Crippen molar-refractivity contribution in [2.45, 2.75) is 6.54 Å². The maximum atomic E-state index is 12.2. The van der Waals surface area contributed by atoms with Gasteiger partial charge in [-0.3, -0.25) is 9.48 Å². The highest BCUT2D eigenvalue weighted by molar-refractivity contribution is 6.03. The summed E-state index contributed by atoms with van der Waals surface area (Å²) in [6.45, 7) is -0.383. The van der Waals surface area contributed by atoms with E-state index in [1.165, 1.54) is 17.1 Å². The van der Waals surface area contributed by atoms with Crippen LogP contribution >= 0.6 is 0 Å². The monoisotopic (exact) mass is 300 g/mol. The summed E-state index contributed by atoms with van der Waals surface area (Å²) in [7, 11) is 0. The van der Waals surface area contributed by atoms with Crippen molar-refractivity contribution in [3.63, 3.8) is 0 Å². The number of amides is 1. The Bertz CT molecular complexity index is 750. The van der Waals surface area contributed by atoms with Gasteiger partial charge in [-0.25, -0.2) is 9.07 Å². The molecular formula is C14H13FN6O. The van der Waals surface area contributed by atoms with Crippen molar-refractivity contribution in [2.24, 2.45) is 0 Å². The fourth-order valence-corrected chi connectivity index (χ4v) is 1.94. The molecule has 0 fully saturated rings. The van der Waals surface area contributed by atoms with E-state index in [0.29, 0.717) is 11.3 Å². The summed E-state index contributed by atoms with van der Waals surface area (Å²) in [6.07, 6.45) is 6.24. The molecule has 2 heterocycles. The van der Waals surface area contributed by atoms with E-state index in [0.717, 1.165) is 5.69 Å². The molecule has 7 nitrogen and oxygen atoms in total. The van der Waals surface area contributed by atoms with Crippen LogP contribution in [-0.2, 0) is 6.54 Å². The van der Waals surface area contributed by atoms with Crippen LogP contribution in [0.1, 0.15) is 10.4 Å². The predicted molar refractivity (Wildman–Crippen MR) is 77.5 cm³/mol. The number of benzene rings is 1. The van der Waals surface area contributed by atoms with Gasteiger partial charge in [-0.1, -0.05) is 5.21 Å². The molecule has 2 aromatic heterocycles. The zero-order valence-corrected chi connectivity index (χ0v) is 11.6. The van der Waals surface area contributed by atoms with Crippen LogP contribution in [0.5, 0.6) is 0 Å². The van der Waals surface area contributed by atoms with Crippen LogP contribution in [0.2, 0.25) is 0 Å². The van der Waals surface area contributed by atoms with Crippen LogP contribution in [0, 0.1) is 0 Å². The summed E-state index contributed by atoms with van der Waals surface area (Å²) in [5.74, 6) is -0.293. The van der Waals surface area contributed by atoms with Crippen molar-refractivity contribution in [3.8, 4) is 5.69 Å². The molecule has 3 rings (SSSR count). The van der Waals surface area contributed by atoms with E-state index in [1.807, 2.05) is 12.1 Å². The third-order valence-corrected chi connectivity index (χ3v) is 3.02. The minimum atomic E-state index is -0.521. The molecule has 0 spiro atoms. The van der Waals surface area contributed by atoms with Gasteiger partial charge in [0.2, 0.25) is 0 Å². The minimum Gasteiger partial charge on any atom is -0.322 e. The van der Waals surface area contributed by atoms with Crippen LogP contribution in [0.4, 0.5) is 10.1 Å². The Morgan fingerprint density at radius 2 is 2.09 bits per heavy atom. The molecule has 0 saturated carbocycles. The van der Waals surface area contributed by atoms with E-state index in [1.54, 1.807) is 29.2 Å². The molecule has 0 aliphatic heterocycles. The van der Waals surface area contributed by atoms with Crippen molar-refractivity contribution in [1.29, 1.82) is 0 Å². The van der Waals surface area contributed by atoms with E-state index in [9.17, 15) is 9.18 Å². The molecule has 22 heavy (non-hydrogen) atoms. The first kappa shape index (κ1) is 13.9. The smallest absolute Gasteiger partial charge is 0.258 e. The molecular weight excluding hydrogens is 287 g/mol. The summed E-state index contributed by atoms with van der Waals surface area (Å²) in [4.78, 5) is 12.1. The third kappa shape index (κ3) is 3.00. The molecule has 0 unspecified atom stereocenters. The maximum absolute atomic E-state index is 12.2. The van der Waals surface area contributed by atoms with Gasteiger partial charge in [0.1, 0.15) is 6.67 Å². The van der Waals surface area contributed by atoms with Crippen LogP contribution in [0.3, 0.4) is 0 Å². The van der Waals surface area contributed by atoms with Crippen molar-refractivity contribution in [3.05, 3.63) is 54.6 Å². The van der Waals surface area contributed by atoms with E-state index >= 15 is 0 Å². The average Bonchev–Trinajstić information content (AvgIpc) is 3.20. The molecule has 3 aromatic rings. The third-order valence-electron chi connectivity index (χ3n) is 3.02. The number of hydrogen-bond acceptors (Lipinski definition) is 4. The first-order valence-electron chi connectivity index (χ1n) is 6.63. The zero-order valence-electron chi connectivity index (χ0n) is 11.6. The first-order valence-corrected chi connectivity index (χ1v) is 6.63. The summed E-state index contributed by atoms with van der Waals surface area (Å²) in [5.41, 5.74) is 1.87. The second-order valence-corrected chi connectivity index (χ2v) is 4.53. The number of rotatable bonds is 5. The van der Waals surface area contributed by atoms with Gasteiger partial charge in [0, 0.05) is 11.9 Å². The maximum Gasteiger partial charge on any atom is 0.258 e. The number of carbonyl (C=O) groups excluding carboxylic acids is 1. The molecule has 0 atom stereocenters. The Kier molecular flexibility index (Phi) is 3.90. The van der Waals surface area contributed by atoms with Crippen LogP contribution < -0.4 is 5.32 Å². The molecule has 1 aromatic carbocycles. The number of aromatic nitrogens is 5. The van der Waals surface area contributed by atoms with Crippen molar-refractivity contribution < 1.29 is 9.18 Å². The van der Waals surface area contributed by atoms with Gasteiger partial charge in [0.15, 0.2) is 0 Å². The van der Waals surface area contributed by atoms with E-state index < -0.39 is 6.67 Å². The van der Waals surface area contributed by atoms with E-state index in [-0.39, 0.29) is 12.5 Å². The van der Waals surface area contributed by atoms with Gasteiger partial charge in [0.05, 0.1) is 36.4 Å². The number of hydrogen-bond donors (Lipinski definition) is 1. The van der Waals surface area contributed by atoms with Gasteiger partial charge in [-0.15, -0.1) is 5.10 Å². The Balaban J connectivity index is 1.68. The highest BCUT2D eigenvalue weighted by Crippen LogP contribution is 2.13. The molecule has 0 saturated heterocycles. The number of halogens is 1. The number of anilines is 1. The molecule has 8 heteroatoms. The van der Waals surface area contributed by atoms with Gasteiger partial charge in [0.25, 0.3) is 5.91 Å². The fourth-order valence-electron chi connectivity index (χ4n) is 1.94. The second-order valence-electron chi connectivity index (χ2n) is 4.53. The fraction of sp³-hybridized carbons (Fsp3) is 0.143. The molecule has 1 N–H and O–H groups in total. The Hall–Kier alpha value is -3.03. The lowest BCUT2D eigenvalue weighted by Gasteiger charge is -2.05. The average molecular weight is 300 g/mol. The van der Waals surface area contributed by atoms with Crippen molar-refractivity contribution >= 4 is 11.6 Å². The van der Waals surface area contributed by atoms with Crippen LogP contribution in [-0.4, -0.2) is 37.4 Å². The van der Waals surface area contributed by atoms with Gasteiger partial charge in [-0.05, 0) is 24.3 Å². The Labute approximate surface area is 125 Å². The lowest BCUT2D eigenvalue weighted by molar-refractivity contribution is 0.102. The number of carbonyl (C=O) groups is 1. The lowest BCUT2D eigenvalue weighted by atomic mass is 10.2. The second kappa shape index (κ2) is 6.17. The van der Waals surface area contributed by atoms with Crippen LogP contribution in [0.15, 0.2) is 49.1 Å².